The van der Waals surface area contributed by atoms with Crippen molar-refractivity contribution in [1.82, 2.24) is 4.98 Å². The van der Waals surface area contributed by atoms with Crippen LogP contribution >= 0.6 is 0 Å². The van der Waals surface area contributed by atoms with Crippen LogP contribution in [-0.4, -0.2) is 16.1 Å². The first-order valence-corrected chi connectivity index (χ1v) is 3.01. The highest BCUT2D eigenvalue weighted by atomic mass is 16.4. The van der Waals surface area contributed by atoms with Crippen molar-refractivity contribution in [3.05, 3.63) is 23.9 Å². The number of aromatic nitrogens is 1. The van der Waals surface area contributed by atoms with E-state index >= 15 is 0 Å². The first kappa shape index (κ1) is 7.53. The van der Waals surface area contributed by atoms with Crippen LogP contribution in [0.5, 0.6) is 0 Å². The molecule has 1 aromatic heterocycles. The third kappa shape index (κ3) is 2.25. The van der Waals surface area contributed by atoms with Gasteiger partial charge >= 0.3 is 5.97 Å². The highest BCUT2D eigenvalue weighted by Crippen LogP contribution is 2.01. The fraction of sp³-hybridized carbons (Fsp3) is 0.143. The topological polar surface area (TPSA) is 63.3 Å². The molecule has 0 aliphatic carbocycles. The van der Waals surface area contributed by atoms with Gasteiger partial charge in [-0.25, -0.2) is 9.78 Å². The van der Waals surface area contributed by atoms with Gasteiger partial charge in [0.1, 0.15) is 12.0 Å². The molecule has 0 saturated carbocycles. The zero-order valence-corrected chi connectivity index (χ0v) is 5.94. The van der Waals surface area contributed by atoms with Gasteiger partial charge in [-0.3, -0.25) is 0 Å². The molecule has 0 unspecified atom stereocenters. The van der Waals surface area contributed by atoms with Gasteiger partial charge < -0.3 is 9.52 Å². The van der Waals surface area contributed by atoms with E-state index in [0.29, 0.717) is 11.6 Å². The summed E-state index contributed by atoms with van der Waals surface area (Å²) in [5, 5.41) is 8.24. The molecule has 0 fully saturated rings. The minimum atomic E-state index is -0.995. The SMILES string of the molecule is Cc1nc(/C=C/C(=O)O)co1. The van der Waals surface area contributed by atoms with Crippen LogP contribution in [0.25, 0.3) is 6.08 Å². The average Bonchev–Trinajstić information content (AvgIpc) is 2.31. The number of rotatable bonds is 2. The molecule has 0 aliphatic rings. The molecule has 11 heavy (non-hydrogen) atoms. The van der Waals surface area contributed by atoms with Crippen LogP contribution in [-0.2, 0) is 4.79 Å². The number of carboxylic acid groups (broad SMARTS) is 1. The van der Waals surface area contributed by atoms with E-state index in [-0.39, 0.29) is 0 Å². The molecule has 0 amide bonds. The highest BCUT2D eigenvalue weighted by Gasteiger charge is 1.94. The summed E-state index contributed by atoms with van der Waals surface area (Å²) in [5.74, 6) is -0.472. The molecule has 0 spiro atoms. The summed E-state index contributed by atoms with van der Waals surface area (Å²) in [7, 11) is 0. The predicted molar refractivity (Wildman–Crippen MR) is 37.9 cm³/mol. The van der Waals surface area contributed by atoms with Crippen molar-refractivity contribution in [2.75, 3.05) is 0 Å². The number of carboxylic acids is 1. The van der Waals surface area contributed by atoms with Crippen LogP contribution in [0.3, 0.4) is 0 Å². The van der Waals surface area contributed by atoms with Crippen LogP contribution < -0.4 is 0 Å². The van der Waals surface area contributed by atoms with E-state index in [1.165, 1.54) is 12.3 Å². The van der Waals surface area contributed by atoms with Gasteiger partial charge in [0.25, 0.3) is 0 Å². The number of carbonyl (C=O) groups is 1. The van der Waals surface area contributed by atoms with Crippen LogP contribution in [0.1, 0.15) is 11.6 Å². The second-order valence-corrected chi connectivity index (χ2v) is 1.96. The lowest BCUT2D eigenvalue weighted by Gasteiger charge is -1.77. The largest absolute Gasteiger partial charge is 0.478 e. The van der Waals surface area contributed by atoms with Gasteiger partial charge in [0, 0.05) is 13.0 Å². The molecule has 1 rings (SSSR count). The third-order valence-electron chi connectivity index (χ3n) is 1.03. The number of aliphatic carboxylic acids is 1. The summed E-state index contributed by atoms with van der Waals surface area (Å²) in [4.78, 5) is 13.9. The molecule has 0 aromatic carbocycles. The highest BCUT2D eigenvalue weighted by molar-refractivity contribution is 5.84. The first-order chi connectivity index (χ1) is 5.18. The lowest BCUT2D eigenvalue weighted by atomic mass is 10.4. The van der Waals surface area contributed by atoms with Gasteiger partial charge in [0.15, 0.2) is 5.89 Å². The first-order valence-electron chi connectivity index (χ1n) is 3.01. The van der Waals surface area contributed by atoms with Gasteiger partial charge in [-0.05, 0) is 6.08 Å². The Morgan fingerprint density at radius 2 is 2.55 bits per heavy atom. The van der Waals surface area contributed by atoms with Gasteiger partial charge in [-0.2, -0.15) is 0 Å². The maximum Gasteiger partial charge on any atom is 0.328 e. The van der Waals surface area contributed by atoms with Crippen molar-refractivity contribution in [1.29, 1.82) is 0 Å². The summed E-state index contributed by atoms with van der Waals surface area (Å²) < 4.78 is 4.84. The molecule has 1 aromatic rings. The number of aryl methyl sites for hydroxylation is 1. The molecule has 0 aliphatic heterocycles. The monoisotopic (exact) mass is 153 g/mol. The maximum atomic E-state index is 10.0. The quantitative estimate of drug-likeness (QED) is 0.645. The Morgan fingerprint density at radius 3 is 3.00 bits per heavy atom. The summed E-state index contributed by atoms with van der Waals surface area (Å²) in [6, 6.07) is 0. The van der Waals surface area contributed by atoms with Crippen molar-refractivity contribution < 1.29 is 14.3 Å². The Hall–Kier alpha value is -1.58. The van der Waals surface area contributed by atoms with E-state index in [1.807, 2.05) is 0 Å². The molecule has 0 bridgehead atoms. The normalized spacial score (nSPS) is 10.6. The fourth-order valence-electron chi connectivity index (χ4n) is 0.613. The van der Waals surface area contributed by atoms with E-state index in [0.717, 1.165) is 6.08 Å². The van der Waals surface area contributed by atoms with Crippen LogP contribution in [0.15, 0.2) is 16.8 Å². The van der Waals surface area contributed by atoms with Crippen molar-refractivity contribution >= 4 is 12.0 Å². The molecular formula is C7H7NO3. The lowest BCUT2D eigenvalue weighted by Crippen LogP contribution is -1.85. The molecule has 1 heterocycles. The Bertz CT molecular complexity index is 288. The van der Waals surface area contributed by atoms with Gasteiger partial charge in [0.2, 0.25) is 0 Å². The predicted octanol–water partition coefficient (Wildman–Crippen LogP) is 1.08. The van der Waals surface area contributed by atoms with Crippen LogP contribution in [0, 0.1) is 6.92 Å². The van der Waals surface area contributed by atoms with Crippen molar-refractivity contribution in [2.45, 2.75) is 6.92 Å². The van der Waals surface area contributed by atoms with Gasteiger partial charge in [-0.1, -0.05) is 0 Å². The molecule has 4 heteroatoms. The van der Waals surface area contributed by atoms with Crippen molar-refractivity contribution in [2.24, 2.45) is 0 Å². The van der Waals surface area contributed by atoms with E-state index in [2.05, 4.69) is 4.98 Å². The molecular weight excluding hydrogens is 146 g/mol. The molecule has 0 saturated heterocycles. The summed E-state index contributed by atoms with van der Waals surface area (Å²) in [6.07, 6.45) is 3.78. The number of oxazole rings is 1. The molecule has 0 atom stereocenters. The zero-order chi connectivity index (χ0) is 8.27. The van der Waals surface area contributed by atoms with E-state index in [9.17, 15) is 4.79 Å². The molecule has 4 nitrogen and oxygen atoms in total. The molecule has 1 N–H and O–H groups in total. The van der Waals surface area contributed by atoms with Crippen LogP contribution in [0.4, 0.5) is 0 Å². The van der Waals surface area contributed by atoms with Crippen molar-refractivity contribution in [3.63, 3.8) is 0 Å². The Balaban J connectivity index is 2.71. The maximum absolute atomic E-state index is 10.0. The standard InChI is InChI=1S/C7H7NO3/c1-5-8-6(4-11-5)2-3-7(9)10/h2-4H,1H3,(H,9,10)/b3-2+. The van der Waals surface area contributed by atoms with Crippen molar-refractivity contribution in [3.8, 4) is 0 Å². The summed E-state index contributed by atoms with van der Waals surface area (Å²) in [6.45, 7) is 1.69. The second kappa shape index (κ2) is 3.01. The average molecular weight is 153 g/mol. The lowest BCUT2D eigenvalue weighted by molar-refractivity contribution is -0.131. The van der Waals surface area contributed by atoms with Gasteiger partial charge in [-0.15, -0.1) is 0 Å². The van der Waals surface area contributed by atoms with E-state index in [1.54, 1.807) is 6.92 Å². The summed E-state index contributed by atoms with van der Waals surface area (Å²) in [5.41, 5.74) is 0.518. The molecule has 0 radical (unpaired) electrons. The zero-order valence-electron chi connectivity index (χ0n) is 5.94. The van der Waals surface area contributed by atoms with Gasteiger partial charge in [0.05, 0.1) is 0 Å². The fourth-order valence-corrected chi connectivity index (χ4v) is 0.613. The minimum absolute atomic E-state index is 0.518. The minimum Gasteiger partial charge on any atom is -0.478 e. The number of hydrogen-bond acceptors (Lipinski definition) is 3. The summed E-state index contributed by atoms with van der Waals surface area (Å²) >= 11 is 0. The van der Waals surface area contributed by atoms with E-state index in [4.69, 9.17) is 9.52 Å². The Kier molecular flexibility index (Phi) is 2.06. The number of nitrogens with zero attached hydrogens (tertiary/aromatic N) is 1. The van der Waals surface area contributed by atoms with E-state index < -0.39 is 5.97 Å². The Labute approximate surface area is 63.2 Å². The number of hydrogen-bond donors (Lipinski definition) is 1. The second-order valence-electron chi connectivity index (χ2n) is 1.96. The third-order valence-corrected chi connectivity index (χ3v) is 1.03. The molecule has 58 valence electrons. The van der Waals surface area contributed by atoms with Crippen LogP contribution in [0.2, 0.25) is 0 Å². The smallest absolute Gasteiger partial charge is 0.328 e. The Morgan fingerprint density at radius 1 is 1.82 bits per heavy atom.